The van der Waals surface area contributed by atoms with Gasteiger partial charge in [0.1, 0.15) is 6.54 Å². The number of primary amides is 1. The fraction of sp³-hybridized carbons (Fsp3) is 0.846. The normalized spacial score (nSPS) is 14.5. The van der Waals surface area contributed by atoms with E-state index in [2.05, 4.69) is 26.0 Å². The number of unbranched alkanes of at least 4 members (excludes halogenated alkanes) is 2. The lowest BCUT2D eigenvalue weighted by Gasteiger charge is -2.33. The van der Waals surface area contributed by atoms with Gasteiger partial charge in [-0.05, 0) is 44.1 Å². The summed E-state index contributed by atoms with van der Waals surface area (Å²) in [6, 6.07) is 0. The Kier molecular flexibility index (Phi) is 17.9. The Balaban J connectivity index is 5.00. The Morgan fingerprint density at radius 1 is 1.02 bits per heavy atom. The summed E-state index contributed by atoms with van der Waals surface area (Å²) in [5.41, 5.74) is 12.8. The fourth-order valence-corrected chi connectivity index (χ4v) is 4.88. The second-order valence-corrected chi connectivity index (χ2v) is 13.2. The number of quaternary nitrogens is 1. The molecule has 0 saturated heterocycles. The second-order valence-electron chi connectivity index (χ2n) is 11.7. The highest BCUT2D eigenvalue weighted by molar-refractivity contribution is 7.85. The highest BCUT2D eigenvalue weighted by Crippen LogP contribution is 2.33. The first kappa shape index (κ1) is 39.1. The summed E-state index contributed by atoms with van der Waals surface area (Å²) in [4.78, 5) is 52.1. The van der Waals surface area contributed by atoms with E-state index >= 15 is 0 Å². The van der Waals surface area contributed by atoms with Crippen LogP contribution in [0.1, 0.15) is 65.7 Å². The molecule has 0 aromatic heterocycles. The van der Waals surface area contributed by atoms with E-state index in [1.807, 2.05) is 21.0 Å². The average Bonchev–Trinajstić information content (AvgIpc) is 2.89. The van der Waals surface area contributed by atoms with Crippen LogP contribution < -0.4 is 21.7 Å². The maximum absolute atomic E-state index is 13.3. The molecule has 242 valence electrons. The van der Waals surface area contributed by atoms with Crippen LogP contribution in [0.5, 0.6) is 0 Å². The van der Waals surface area contributed by atoms with E-state index < -0.39 is 39.0 Å². The lowest BCUT2D eigenvalue weighted by atomic mass is 9.75. The number of nitrogens with zero attached hydrogens (tertiary/aromatic N) is 4. The number of nitrogens with one attached hydrogen (secondary N) is 3. The monoisotopic (exact) mass is 618 g/mol. The van der Waals surface area contributed by atoms with E-state index in [1.54, 1.807) is 13.8 Å². The van der Waals surface area contributed by atoms with Crippen molar-refractivity contribution in [1.29, 1.82) is 0 Å². The number of carbonyl (C=O) groups excluding carboxylic acids is 4. The zero-order chi connectivity index (χ0) is 32.4. The molecular weight excluding hydrogens is 568 g/mol. The van der Waals surface area contributed by atoms with Crippen molar-refractivity contribution in [3.8, 4) is 0 Å². The van der Waals surface area contributed by atoms with E-state index in [4.69, 9.17) is 11.3 Å². The summed E-state index contributed by atoms with van der Waals surface area (Å²) >= 11 is 0. The summed E-state index contributed by atoms with van der Waals surface area (Å²) in [6.07, 6.45) is 3.19. The van der Waals surface area contributed by atoms with Crippen molar-refractivity contribution >= 4 is 33.7 Å². The molecule has 0 saturated carbocycles. The molecule has 0 fully saturated rings. The largest absolute Gasteiger partial charge is 0.748 e. The molecule has 0 radical (unpaired) electrons. The molecule has 3 unspecified atom stereocenters. The zero-order valence-electron chi connectivity index (χ0n) is 25.7. The first-order valence-electron chi connectivity index (χ1n) is 14.3. The lowest BCUT2D eigenvalue weighted by Crippen LogP contribution is -2.49. The second kappa shape index (κ2) is 19.3. The summed E-state index contributed by atoms with van der Waals surface area (Å²) in [5.74, 6) is -2.97. The number of amides is 4. The third kappa shape index (κ3) is 17.8. The highest BCUT2D eigenvalue weighted by Gasteiger charge is 2.37. The SMILES string of the molecule is CCC(C)(CC(CC(C)C(N)=O)C(=O)NCCCCCNC(=O)CN=[N+]=[N-])C(=O)NCC[N+](C)(C)CCCS(=O)(=O)[O-]. The third-order valence-corrected chi connectivity index (χ3v) is 8.22. The minimum atomic E-state index is -4.27. The molecule has 0 heterocycles. The molecule has 0 aromatic carbocycles. The Hall–Kier alpha value is -2.94. The van der Waals surface area contributed by atoms with Gasteiger partial charge in [0.2, 0.25) is 23.6 Å². The molecular formula is C26H50N8O7S. The Morgan fingerprint density at radius 3 is 2.19 bits per heavy atom. The van der Waals surface area contributed by atoms with E-state index in [0.717, 1.165) is 6.42 Å². The molecule has 0 aromatic rings. The standard InChI is InChI=1S/C26H50N8O7S/c1-6-26(3,25(38)31-13-15-34(4,5)14-10-16-42(39,40)41)18-21(17-20(2)23(27)36)24(37)30-12-9-7-8-11-29-22(35)19-32-33-28/h20-21H,6-19H2,1-5H3,(H5-,27,29,30,31,35,36,37,38,39,40,41). The van der Waals surface area contributed by atoms with Gasteiger partial charge in [-0.1, -0.05) is 25.9 Å². The fourth-order valence-electron chi connectivity index (χ4n) is 4.40. The van der Waals surface area contributed by atoms with Crippen molar-refractivity contribution in [2.45, 2.75) is 65.7 Å². The number of azide groups is 1. The van der Waals surface area contributed by atoms with Crippen molar-refractivity contribution in [3.63, 3.8) is 0 Å². The van der Waals surface area contributed by atoms with Gasteiger partial charge < -0.3 is 30.7 Å². The number of rotatable bonds is 23. The predicted octanol–water partition coefficient (Wildman–Crippen LogP) is 0.761. The number of hydrogen-bond acceptors (Lipinski definition) is 8. The van der Waals surface area contributed by atoms with Gasteiger partial charge in [0.15, 0.2) is 0 Å². The molecule has 0 aliphatic heterocycles. The summed E-state index contributed by atoms with van der Waals surface area (Å²) in [6.45, 7) is 7.17. The maximum Gasteiger partial charge on any atom is 0.226 e. The summed E-state index contributed by atoms with van der Waals surface area (Å²) in [5, 5.41) is 11.7. The predicted molar refractivity (Wildman–Crippen MR) is 157 cm³/mol. The van der Waals surface area contributed by atoms with Crippen LogP contribution in [0.25, 0.3) is 10.4 Å². The third-order valence-electron chi connectivity index (χ3n) is 7.43. The minimum absolute atomic E-state index is 0.202. The molecule has 0 bridgehead atoms. The summed E-state index contributed by atoms with van der Waals surface area (Å²) < 4.78 is 33.0. The van der Waals surface area contributed by atoms with Crippen LogP contribution in [-0.4, -0.2) is 100 Å². The molecule has 15 nitrogen and oxygen atoms in total. The Bertz CT molecular complexity index is 1050. The number of carbonyl (C=O) groups is 4. The molecule has 4 amide bonds. The molecule has 0 rings (SSSR count). The van der Waals surface area contributed by atoms with Gasteiger partial charge in [-0.25, -0.2) is 8.42 Å². The molecule has 3 atom stereocenters. The average molecular weight is 619 g/mol. The van der Waals surface area contributed by atoms with Crippen LogP contribution in [-0.2, 0) is 29.3 Å². The number of hydrogen-bond donors (Lipinski definition) is 4. The summed E-state index contributed by atoms with van der Waals surface area (Å²) in [7, 11) is -0.500. The van der Waals surface area contributed by atoms with Crippen LogP contribution in [0.3, 0.4) is 0 Å². The van der Waals surface area contributed by atoms with Gasteiger partial charge in [-0.15, -0.1) is 0 Å². The maximum atomic E-state index is 13.3. The van der Waals surface area contributed by atoms with Crippen LogP contribution >= 0.6 is 0 Å². The minimum Gasteiger partial charge on any atom is -0.748 e. The van der Waals surface area contributed by atoms with Gasteiger partial charge in [-0.2, -0.15) is 0 Å². The van der Waals surface area contributed by atoms with Crippen molar-refractivity contribution in [2.24, 2.45) is 28.1 Å². The van der Waals surface area contributed by atoms with Crippen LogP contribution in [0, 0.1) is 17.3 Å². The smallest absolute Gasteiger partial charge is 0.226 e. The van der Waals surface area contributed by atoms with Crippen molar-refractivity contribution in [1.82, 2.24) is 16.0 Å². The van der Waals surface area contributed by atoms with Crippen molar-refractivity contribution in [3.05, 3.63) is 10.4 Å². The van der Waals surface area contributed by atoms with E-state index in [0.29, 0.717) is 56.5 Å². The number of nitrogens with two attached hydrogens (primary N) is 1. The van der Waals surface area contributed by atoms with E-state index in [1.165, 1.54) is 0 Å². The van der Waals surface area contributed by atoms with Crippen molar-refractivity contribution in [2.75, 3.05) is 59.1 Å². The first-order valence-corrected chi connectivity index (χ1v) is 15.9. The van der Waals surface area contributed by atoms with Gasteiger partial charge in [-0.3, -0.25) is 19.2 Å². The highest BCUT2D eigenvalue weighted by atomic mass is 32.2. The zero-order valence-corrected chi connectivity index (χ0v) is 26.5. The van der Waals surface area contributed by atoms with Crippen LogP contribution in [0.15, 0.2) is 5.11 Å². The molecule has 0 spiro atoms. The van der Waals surface area contributed by atoms with E-state index in [9.17, 15) is 32.1 Å². The van der Waals surface area contributed by atoms with E-state index in [-0.39, 0.29) is 43.5 Å². The Labute approximate surface area is 249 Å². The molecule has 5 N–H and O–H groups in total. The van der Waals surface area contributed by atoms with Crippen LogP contribution in [0.4, 0.5) is 0 Å². The lowest BCUT2D eigenvalue weighted by molar-refractivity contribution is -0.889. The molecule has 0 aliphatic carbocycles. The van der Waals surface area contributed by atoms with Crippen LogP contribution in [0.2, 0.25) is 0 Å². The molecule has 42 heavy (non-hydrogen) atoms. The molecule has 0 aliphatic rings. The van der Waals surface area contributed by atoms with Gasteiger partial charge >= 0.3 is 0 Å². The molecule has 16 heteroatoms. The first-order chi connectivity index (χ1) is 19.5. The van der Waals surface area contributed by atoms with Gasteiger partial charge in [0.05, 0.1) is 43.8 Å². The topological polar surface area (TPSA) is 236 Å². The Morgan fingerprint density at radius 2 is 1.64 bits per heavy atom. The van der Waals surface area contributed by atoms with Gasteiger partial charge in [0.25, 0.3) is 0 Å². The quantitative estimate of drug-likeness (QED) is 0.0320. The van der Waals surface area contributed by atoms with Gasteiger partial charge in [0, 0.05) is 47.4 Å². The number of likely N-dealkylation sites (N-methyl/N-ethyl adjacent to an activating group) is 1. The van der Waals surface area contributed by atoms with Crippen molar-refractivity contribution < 1.29 is 36.6 Å².